The summed E-state index contributed by atoms with van der Waals surface area (Å²) in [6.07, 6.45) is 6.61. The summed E-state index contributed by atoms with van der Waals surface area (Å²) < 4.78 is 19.7. The maximum absolute atomic E-state index is 13.6. The van der Waals surface area contributed by atoms with E-state index in [0.29, 0.717) is 88.8 Å². The number of nitrogens with zero attached hydrogens (tertiary/aromatic N) is 14. The van der Waals surface area contributed by atoms with Gasteiger partial charge in [-0.25, -0.2) is 19.9 Å². The monoisotopic (exact) mass is 1320 g/mol. The van der Waals surface area contributed by atoms with Crippen molar-refractivity contribution in [1.29, 1.82) is 10.5 Å². The summed E-state index contributed by atoms with van der Waals surface area (Å²) >= 11 is 3.30. The zero-order valence-corrected chi connectivity index (χ0v) is 58.8. The minimum Gasteiger partial charge on any atom is -0.361 e. The fourth-order valence-corrected chi connectivity index (χ4v) is 12.1. The van der Waals surface area contributed by atoms with Crippen molar-refractivity contribution in [3.8, 4) is 23.5 Å². The molecule has 2 N–H and O–H groups in total. The van der Waals surface area contributed by atoms with Crippen molar-refractivity contribution >= 4 is 99.8 Å². The molecule has 0 spiro atoms. The topological polar surface area (TPSA) is 262 Å². The summed E-state index contributed by atoms with van der Waals surface area (Å²) in [5.74, 6) is -1.54. The number of likely N-dealkylation sites (tertiary alicyclic amines) is 2. The largest absolute Gasteiger partial charge is 0.361 e. The lowest BCUT2D eigenvalue weighted by Crippen LogP contribution is -2.55. The lowest BCUT2D eigenvalue weighted by atomic mass is 9.86. The number of nitrogens with one attached hydrogen (secondary N) is 2. The summed E-state index contributed by atoms with van der Waals surface area (Å²) in [6.45, 7) is 35.7. The van der Waals surface area contributed by atoms with Crippen LogP contribution < -0.4 is 10.6 Å². The van der Waals surface area contributed by atoms with Crippen molar-refractivity contribution in [2.75, 3.05) is 39.4 Å². The van der Waals surface area contributed by atoms with E-state index in [1.54, 1.807) is 57.6 Å². The molecule has 2 aliphatic heterocycles. The van der Waals surface area contributed by atoms with Crippen LogP contribution in [-0.2, 0) is 57.4 Å². The van der Waals surface area contributed by atoms with Gasteiger partial charge < -0.3 is 39.0 Å². The zero-order valence-electron chi connectivity index (χ0n) is 55.2. The standard InChI is InChI=1S/C32H42N8O3Si.C20H27BrN6O3Si.C13H18N2/c1-20(31(42)39-16-21(14-33)17-39)35-30(41)24-18-40(19-43-11-12-44(6,7)8)29-28(24)36-25(15-34-29)27-23-10-9-22(32(2,3)4)13-26(23)38(5)37-27;1-13(20(29)26-9-14(7-22)10-26)24-19(28)15-11-27(12-30-5-6-31(2,3)4)18-17(15)25-16(21)8-23-18;1-9-11-7-6-10(13(2,3)4)8-12(11)15(5)14-9/h9-10,13,15,18,20-21H,11-12,16-17,19H2,1-8H3,(H,35,41);8,11,13-14H,5-6,9-10,12H2,1-4H3,(H,24,28);6-8H,1-5H3/t20-;13-;/m11./s1. The van der Waals surface area contributed by atoms with Crippen LogP contribution >= 0.6 is 15.9 Å². The molecular weight excluding hydrogens is 1240 g/mol. The molecule has 90 heavy (non-hydrogen) atoms. The summed E-state index contributed by atoms with van der Waals surface area (Å²) in [4.78, 5) is 73.5. The molecule has 0 bridgehead atoms. The van der Waals surface area contributed by atoms with Crippen molar-refractivity contribution in [2.24, 2.45) is 25.9 Å². The fraction of sp³-hybridized carbons (Fsp3) is 0.508. The quantitative estimate of drug-likeness (QED) is 0.0635. The maximum atomic E-state index is 13.6. The minimum absolute atomic E-state index is 0.00868. The van der Waals surface area contributed by atoms with Gasteiger partial charge in [-0.05, 0) is 82.9 Å². The van der Waals surface area contributed by atoms with Crippen molar-refractivity contribution in [1.82, 2.24) is 69.1 Å². The van der Waals surface area contributed by atoms with E-state index in [1.807, 2.05) is 23.5 Å². The Morgan fingerprint density at radius 3 is 1.52 bits per heavy atom. The SMILES string of the molecule is C[C@@H](NC(=O)c1cn(COCC[Si](C)(C)C)c2ncc(-c3nn(C)c4cc(C(C)(C)C)ccc34)nc12)C(=O)N1CC(C#N)C1.C[C@@H](NC(=O)c1cn(COCC[Si](C)(C)C)c2ncc(Br)nc12)C(=O)N1CC(C#N)C1.Cc1nn(C)c2cc(C(C)(C)C)ccc12. The van der Waals surface area contributed by atoms with Gasteiger partial charge in [0.2, 0.25) is 11.8 Å². The van der Waals surface area contributed by atoms with Crippen LogP contribution in [0.15, 0.2) is 65.8 Å². The Morgan fingerprint density at radius 2 is 1.08 bits per heavy atom. The molecule has 8 heterocycles. The first-order valence-corrected chi connectivity index (χ1v) is 38.8. The van der Waals surface area contributed by atoms with Gasteiger partial charge in [-0.2, -0.15) is 20.7 Å². The van der Waals surface area contributed by atoms with E-state index in [2.05, 4.69) is 178 Å². The van der Waals surface area contributed by atoms with Crippen LogP contribution in [0.25, 0.3) is 55.5 Å². The molecule has 10 rings (SSSR count). The third kappa shape index (κ3) is 16.3. The normalized spacial score (nSPS) is 14.7. The number of carbonyl (C=O) groups excluding carboxylic acids is 4. The third-order valence-electron chi connectivity index (χ3n) is 16.1. The number of amides is 4. The molecule has 8 aromatic rings. The molecule has 2 aliphatic rings. The van der Waals surface area contributed by atoms with E-state index < -0.39 is 40.0 Å². The Balaban J connectivity index is 0.000000196. The number of aromatic nitrogens is 10. The molecule has 478 valence electrons. The molecule has 22 nitrogen and oxygen atoms in total. The van der Waals surface area contributed by atoms with Crippen LogP contribution in [-0.4, -0.2) is 150 Å². The Bertz CT molecular complexity index is 4060. The molecule has 2 atom stereocenters. The van der Waals surface area contributed by atoms with Gasteiger partial charge >= 0.3 is 0 Å². The number of carbonyl (C=O) groups is 4. The summed E-state index contributed by atoms with van der Waals surface area (Å²) in [5, 5.41) is 34.9. The molecule has 0 saturated carbocycles. The van der Waals surface area contributed by atoms with Gasteiger partial charge in [-0.15, -0.1) is 0 Å². The predicted octanol–water partition coefficient (Wildman–Crippen LogP) is 10.5. The van der Waals surface area contributed by atoms with Crippen molar-refractivity contribution in [2.45, 2.75) is 150 Å². The average molecular weight is 1320 g/mol. The highest BCUT2D eigenvalue weighted by Gasteiger charge is 2.36. The van der Waals surface area contributed by atoms with Crippen LogP contribution in [0.1, 0.15) is 92.9 Å². The first-order chi connectivity index (χ1) is 42.1. The van der Waals surface area contributed by atoms with Gasteiger partial charge in [0.25, 0.3) is 11.8 Å². The first-order valence-electron chi connectivity index (χ1n) is 30.6. The molecular formula is C65H87BrN16O6Si2. The van der Waals surface area contributed by atoms with E-state index in [-0.39, 0.29) is 47.9 Å². The molecule has 4 amide bonds. The first kappa shape index (κ1) is 68.2. The second-order valence-corrected chi connectivity index (χ2v) is 40.2. The summed E-state index contributed by atoms with van der Waals surface area (Å²) in [5.41, 5.74) is 9.83. The van der Waals surface area contributed by atoms with Crippen LogP contribution in [0.4, 0.5) is 0 Å². The highest BCUT2D eigenvalue weighted by atomic mass is 79.9. The number of fused-ring (bicyclic) bond motifs is 4. The van der Waals surface area contributed by atoms with Gasteiger partial charge in [-0.1, -0.05) is 105 Å². The second kappa shape index (κ2) is 27.4. The van der Waals surface area contributed by atoms with Crippen molar-refractivity contribution in [3.05, 3.63) is 93.7 Å². The second-order valence-electron chi connectivity index (χ2n) is 28.2. The highest BCUT2D eigenvalue weighted by Crippen LogP contribution is 2.33. The van der Waals surface area contributed by atoms with Gasteiger partial charge in [0.05, 0.1) is 64.2 Å². The number of benzene rings is 2. The number of hydrogen-bond donors (Lipinski definition) is 2. The lowest BCUT2D eigenvalue weighted by molar-refractivity contribution is -0.138. The minimum atomic E-state index is -1.27. The number of hydrogen-bond acceptors (Lipinski definition) is 14. The molecule has 6 aromatic heterocycles. The number of halogens is 1. The maximum Gasteiger partial charge on any atom is 0.255 e. The Morgan fingerprint density at radius 1 is 0.656 bits per heavy atom. The summed E-state index contributed by atoms with van der Waals surface area (Å²) in [7, 11) is 1.44. The van der Waals surface area contributed by atoms with E-state index in [0.717, 1.165) is 28.7 Å². The zero-order chi connectivity index (χ0) is 65.9. The number of ether oxygens (including phenoxy) is 2. The molecule has 2 saturated heterocycles. The Kier molecular flexibility index (Phi) is 20.8. The van der Waals surface area contributed by atoms with E-state index in [9.17, 15) is 19.2 Å². The highest BCUT2D eigenvalue weighted by molar-refractivity contribution is 9.10. The van der Waals surface area contributed by atoms with Crippen molar-refractivity contribution in [3.63, 3.8) is 0 Å². The number of rotatable bonds is 17. The van der Waals surface area contributed by atoms with Crippen LogP contribution in [0.5, 0.6) is 0 Å². The Labute approximate surface area is 537 Å². The van der Waals surface area contributed by atoms with Crippen molar-refractivity contribution < 1.29 is 28.7 Å². The van der Waals surface area contributed by atoms with Crippen LogP contribution in [0.3, 0.4) is 0 Å². The molecule has 0 unspecified atom stereocenters. The van der Waals surface area contributed by atoms with Crippen LogP contribution in [0, 0.1) is 41.4 Å². The molecule has 25 heteroatoms. The fourth-order valence-electron chi connectivity index (χ4n) is 10.3. The average Bonchev–Trinajstić information content (AvgIpc) is 1.62. The molecule has 2 aromatic carbocycles. The molecule has 0 radical (unpaired) electrons. The lowest BCUT2D eigenvalue weighted by Gasteiger charge is -2.37. The number of aryl methyl sites for hydroxylation is 3. The van der Waals surface area contributed by atoms with Gasteiger partial charge in [-0.3, -0.25) is 28.5 Å². The smallest absolute Gasteiger partial charge is 0.255 e. The van der Waals surface area contributed by atoms with Crippen LogP contribution in [0.2, 0.25) is 51.4 Å². The Hall–Kier alpha value is -7.69. The predicted molar refractivity (Wildman–Crippen MR) is 359 cm³/mol. The van der Waals surface area contributed by atoms with Gasteiger partial charge in [0.15, 0.2) is 11.3 Å². The third-order valence-corrected chi connectivity index (χ3v) is 19.9. The van der Waals surface area contributed by atoms with E-state index in [4.69, 9.17) is 35.1 Å². The summed E-state index contributed by atoms with van der Waals surface area (Å²) in [6, 6.07) is 17.8. The van der Waals surface area contributed by atoms with E-state index in [1.165, 1.54) is 22.0 Å². The van der Waals surface area contributed by atoms with E-state index >= 15 is 0 Å². The number of nitriles is 2. The van der Waals surface area contributed by atoms with Gasteiger partial charge in [0, 0.05) is 92.8 Å². The molecule has 2 fully saturated rings. The molecule has 0 aliphatic carbocycles. The van der Waals surface area contributed by atoms with Gasteiger partial charge in [0.1, 0.15) is 52.6 Å².